The molecular formula is C96H60N4. The first-order valence-electron chi connectivity index (χ1n) is 34.5. The lowest BCUT2D eigenvalue weighted by molar-refractivity contribution is 1.19. The monoisotopic (exact) mass is 1270 g/mol. The number of nitrogens with zero attached hydrogens (tertiary/aromatic N) is 3. The Kier molecular flexibility index (Phi) is 12.4. The van der Waals surface area contributed by atoms with Crippen LogP contribution in [0, 0.1) is 0 Å². The van der Waals surface area contributed by atoms with Crippen LogP contribution in [0.2, 0.25) is 0 Å². The zero-order chi connectivity index (χ0) is 65.5. The first-order valence-corrected chi connectivity index (χ1v) is 34.5. The molecule has 0 saturated heterocycles. The molecule has 0 radical (unpaired) electrons. The van der Waals surface area contributed by atoms with Crippen LogP contribution >= 0.6 is 0 Å². The van der Waals surface area contributed by atoms with Crippen molar-refractivity contribution in [3.05, 3.63) is 358 Å². The topological polar surface area (TPSA) is 30.6 Å². The maximum Gasteiger partial charge on any atom is 0.0619 e. The van der Waals surface area contributed by atoms with E-state index >= 15 is 0 Å². The predicted octanol–water partition coefficient (Wildman–Crippen LogP) is 26.1. The molecule has 0 atom stereocenters. The van der Waals surface area contributed by atoms with Crippen molar-refractivity contribution in [2.75, 3.05) is 0 Å². The molecule has 1 aliphatic rings. The van der Waals surface area contributed by atoms with Crippen LogP contribution in [0.5, 0.6) is 0 Å². The molecule has 100 heavy (non-hydrogen) atoms. The van der Waals surface area contributed by atoms with Gasteiger partial charge in [-0.05, 0) is 174 Å². The summed E-state index contributed by atoms with van der Waals surface area (Å²) >= 11 is 0. The summed E-state index contributed by atoms with van der Waals surface area (Å²) in [4.78, 5) is 3.56. The van der Waals surface area contributed by atoms with E-state index in [9.17, 15) is 0 Å². The minimum atomic E-state index is 1.16. The van der Waals surface area contributed by atoms with Crippen LogP contribution in [0.3, 0.4) is 0 Å². The second-order valence-corrected chi connectivity index (χ2v) is 26.8. The standard InChI is InChI=1S/C56H34N2.C40H26N2/c1-2-12-35(13-3-1)37-15-10-16-40(32-37)57-53-29-25-39(34-50(53)47-27-24-36-14-4-5-17-41(36)56(47)57)38-26-30-54-49(33-38)44-20-8-9-23-51(44)58(54)52-31-28-46-43-19-7-6-18-42(43)45-21-11-22-48(52)55(45)46;1-2-9-26(10-3-1)28-12-8-13-31(23-28)42-39-22-19-30(25-36(39)34-20-17-27-11-4-5-14-32(27)40(34)42)29-18-21-38-35(24-29)33-15-6-7-16-37(33)41-38/h1-34H;1-25,41H. The van der Waals surface area contributed by atoms with Crippen LogP contribution in [0.1, 0.15) is 0 Å². The maximum absolute atomic E-state index is 3.56. The first kappa shape index (κ1) is 55.9. The summed E-state index contributed by atoms with van der Waals surface area (Å²) in [7, 11) is 0. The predicted molar refractivity (Wildman–Crippen MR) is 424 cm³/mol. The van der Waals surface area contributed by atoms with Crippen LogP contribution in [-0.2, 0) is 0 Å². The van der Waals surface area contributed by atoms with E-state index in [0.29, 0.717) is 0 Å². The number of H-pyrrole nitrogens is 1. The van der Waals surface area contributed by atoms with Crippen LogP contribution in [-0.4, -0.2) is 18.7 Å². The first-order chi connectivity index (χ1) is 49.6. The molecule has 0 amide bonds. The van der Waals surface area contributed by atoms with Gasteiger partial charge in [-0.15, -0.1) is 0 Å². The van der Waals surface area contributed by atoms with Crippen molar-refractivity contribution in [3.8, 4) is 83.8 Å². The van der Waals surface area contributed by atoms with Gasteiger partial charge in [-0.2, -0.15) is 0 Å². The molecule has 0 saturated carbocycles. The average Bonchev–Trinajstić information content (AvgIpc) is 1.57. The molecule has 1 N–H and O–H groups in total. The van der Waals surface area contributed by atoms with Crippen molar-refractivity contribution in [2.24, 2.45) is 0 Å². The SMILES string of the molecule is c1ccc(-c2cccc(-n3c4ccc(-c5ccc6[nH]c7ccccc7c6c5)cc4c4ccc5ccccc5c43)c2)cc1.c1ccc(-c2cccc(-n3c4ccc(-c5ccc6c(c5)c5ccccc5n6-c5ccc6c7c(cccc57)-c5ccccc5-6)cc4c4ccc5ccccc5c43)c2)cc1. The van der Waals surface area contributed by atoms with Gasteiger partial charge in [0.2, 0.25) is 0 Å². The molecule has 22 rings (SSSR count). The molecule has 0 spiro atoms. The number of nitrogens with one attached hydrogen (secondary N) is 1. The van der Waals surface area contributed by atoms with Gasteiger partial charge in [0.15, 0.2) is 0 Å². The number of para-hydroxylation sites is 2. The summed E-state index contributed by atoms with van der Waals surface area (Å²) in [5.41, 5.74) is 28.2. The molecule has 4 aromatic heterocycles. The number of aromatic nitrogens is 4. The lowest BCUT2D eigenvalue weighted by atomic mass is 10.00. The third-order valence-electron chi connectivity index (χ3n) is 21.3. The molecule has 4 heteroatoms. The van der Waals surface area contributed by atoms with Gasteiger partial charge in [-0.3, -0.25) is 0 Å². The lowest BCUT2D eigenvalue weighted by Crippen LogP contribution is -1.96. The highest BCUT2D eigenvalue weighted by molar-refractivity contribution is 6.23. The molecule has 0 aliphatic heterocycles. The Balaban J connectivity index is 0.000000138. The Bertz CT molecular complexity index is 6930. The summed E-state index contributed by atoms with van der Waals surface area (Å²) in [6, 6.07) is 131. The third kappa shape index (κ3) is 8.60. The van der Waals surface area contributed by atoms with Crippen molar-refractivity contribution in [1.82, 2.24) is 18.7 Å². The Morgan fingerprint density at radius 2 is 0.590 bits per heavy atom. The van der Waals surface area contributed by atoms with Crippen LogP contribution in [0.4, 0.5) is 0 Å². The summed E-state index contributed by atoms with van der Waals surface area (Å²) < 4.78 is 7.40. The number of aromatic amines is 1. The van der Waals surface area contributed by atoms with Crippen LogP contribution in [0.15, 0.2) is 358 Å². The van der Waals surface area contributed by atoms with Crippen molar-refractivity contribution < 1.29 is 0 Å². The number of hydrogen-bond acceptors (Lipinski definition) is 0. The Morgan fingerprint density at radius 1 is 0.190 bits per heavy atom. The molecule has 0 unspecified atom stereocenters. The Morgan fingerprint density at radius 3 is 1.18 bits per heavy atom. The molecule has 0 fully saturated rings. The highest BCUT2D eigenvalue weighted by Gasteiger charge is 2.25. The van der Waals surface area contributed by atoms with Crippen molar-refractivity contribution in [1.29, 1.82) is 0 Å². The summed E-state index contributed by atoms with van der Waals surface area (Å²) in [6.07, 6.45) is 0. The smallest absolute Gasteiger partial charge is 0.0619 e. The normalized spacial score (nSPS) is 12.0. The van der Waals surface area contributed by atoms with Crippen molar-refractivity contribution >= 4 is 120 Å². The zero-order valence-electron chi connectivity index (χ0n) is 54.4. The number of benzene rings is 17. The quantitative estimate of drug-likeness (QED) is 0.165. The number of hydrogen-bond donors (Lipinski definition) is 1. The number of fused-ring (bicyclic) bond motifs is 19. The molecule has 4 nitrogen and oxygen atoms in total. The fraction of sp³-hybridized carbons (Fsp3) is 0. The second-order valence-electron chi connectivity index (χ2n) is 26.8. The van der Waals surface area contributed by atoms with Gasteiger partial charge in [0.25, 0.3) is 0 Å². The highest BCUT2D eigenvalue weighted by atomic mass is 15.0. The van der Waals surface area contributed by atoms with Gasteiger partial charge in [-0.1, -0.05) is 267 Å². The highest BCUT2D eigenvalue weighted by Crippen LogP contribution is 2.50. The van der Waals surface area contributed by atoms with Crippen LogP contribution in [0.25, 0.3) is 203 Å². The minimum absolute atomic E-state index is 1.16. The second kappa shape index (κ2) is 22.1. The molecule has 1 aliphatic carbocycles. The zero-order valence-corrected chi connectivity index (χ0v) is 54.4. The van der Waals surface area contributed by atoms with E-state index in [1.54, 1.807) is 0 Å². The van der Waals surface area contributed by atoms with Gasteiger partial charge in [-0.25, -0.2) is 0 Å². The van der Waals surface area contributed by atoms with Crippen LogP contribution < -0.4 is 0 Å². The van der Waals surface area contributed by atoms with E-state index in [1.165, 1.54) is 198 Å². The van der Waals surface area contributed by atoms with E-state index in [2.05, 4.69) is 377 Å². The maximum atomic E-state index is 3.56. The Labute approximate surface area is 576 Å². The van der Waals surface area contributed by atoms with Gasteiger partial charge < -0.3 is 18.7 Å². The third-order valence-corrected chi connectivity index (χ3v) is 21.3. The van der Waals surface area contributed by atoms with E-state index in [1.807, 2.05) is 0 Å². The van der Waals surface area contributed by atoms with Gasteiger partial charge in [0, 0.05) is 81.7 Å². The minimum Gasteiger partial charge on any atom is -0.355 e. The molecule has 21 aromatic rings. The van der Waals surface area contributed by atoms with E-state index in [-0.39, 0.29) is 0 Å². The van der Waals surface area contributed by atoms with Gasteiger partial charge in [0.05, 0.1) is 38.8 Å². The van der Waals surface area contributed by atoms with Crippen molar-refractivity contribution in [2.45, 2.75) is 0 Å². The molecule has 4 heterocycles. The summed E-state index contributed by atoms with van der Waals surface area (Å²) in [6.45, 7) is 0. The van der Waals surface area contributed by atoms with Gasteiger partial charge >= 0.3 is 0 Å². The summed E-state index contributed by atoms with van der Waals surface area (Å²) in [5, 5.41) is 17.7. The average molecular weight is 1270 g/mol. The fourth-order valence-electron chi connectivity index (χ4n) is 16.8. The van der Waals surface area contributed by atoms with E-state index in [4.69, 9.17) is 0 Å². The molecule has 0 bridgehead atoms. The van der Waals surface area contributed by atoms with Crippen molar-refractivity contribution in [3.63, 3.8) is 0 Å². The summed E-state index contributed by atoms with van der Waals surface area (Å²) in [5.74, 6) is 0. The molecular weight excluding hydrogens is 1210 g/mol. The molecule has 464 valence electrons. The van der Waals surface area contributed by atoms with E-state index < -0.39 is 0 Å². The van der Waals surface area contributed by atoms with E-state index in [0.717, 1.165) is 5.69 Å². The molecule has 17 aromatic carbocycles. The number of rotatable bonds is 7. The van der Waals surface area contributed by atoms with Gasteiger partial charge in [0.1, 0.15) is 0 Å². The lowest BCUT2D eigenvalue weighted by Gasteiger charge is -2.13. The Hall–Kier alpha value is -13.3. The fourth-order valence-corrected chi connectivity index (χ4v) is 16.8. The largest absolute Gasteiger partial charge is 0.355 e.